The Morgan fingerprint density at radius 3 is 2.93 bits per heavy atom. The number of piperidine rings is 1. The second-order valence-corrected chi connectivity index (χ2v) is 5.46. The second-order valence-electron chi connectivity index (χ2n) is 4.47. The SMILES string of the molecule is C=C1CCCN(c2nnc(C3CC3)s2)C1. The van der Waals surface area contributed by atoms with E-state index in [1.165, 1.54) is 36.3 Å². The summed E-state index contributed by atoms with van der Waals surface area (Å²) in [6.45, 7) is 6.14. The van der Waals surface area contributed by atoms with Gasteiger partial charge >= 0.3 is 0 Å². The normalized spacial score (nSPS) is 22.1. The molecule has 2 fully saturated rings. The molecule has 1 aliphatic heterocycles. The molecule has 1 saturated heterocycles. The summed E-state index contributed by atoms with van der Waals surface area (Å²) in [4.78, 5) is 2.31. The molecular formula is C11H15N3S. The van der Waals surface area contributed by atoms with Crippen LogP contribution in [0.25, 0.3) is 0 Å². The van der Waals surface area contributed by atoms with Crippen molar-refractivity contribution in [1.29, 1.82) is 0 Å². The molecule has 0 unspecified atom stereocenters. The molecule has 0 bridgehead atoms. The molecule has 3 rings (SSSR count). The topological polar surface area (TPSA) is 29.0 Å². The van der Waals surface area contributed by atoms with Crippen molar-refractivity contribution in [2.45, 2.75) is 31.6 Å². The monoisotopic (exact) mass is 221 g/mol. The van der Waals surface area contributed by atoms with Crippen LogP contribution in [-0.2, 0) is 0 Å². The smallest absolute Gasteiger partial charge is 0.208 e. The second kappa shape index (κ2) is 3.59. The highest BCUT2D eigenvalue weighted by molar-refractivity contribution is 7.15. The lowest BCUT2D eigenvalue weighted by Crippen LogP contribution is -2.30. The molecule has 1 aromatic heterocycles. The van der Waals surface area contributed by atoms with Gasteiger partial charge in [0, 0.05) is 19.0 Å². The number of hydrogen-bond donors (Lipinski definition) is 0. The highest BCUT2D eigenvalue weighted by Crippen LogP contribution is 2.42. The van der Waals surface area contributed by atoms with E-state index < -0.39 is 0 Å². The Labute approximate surface area is 93.8 Å². The van der Waals surface area contributed by atoms with Crippen LogP contribution >= 0.6 is 11.3 Å². The third-order valence-electron chi connectivity index (χ3n) is 3.00. The first-order valence-electron chi connectivity index (χ1n) is 5.58. The number of nitrogens with zero attached hydrogens (tertiary/aromatic N) is 3. The first kappa shape index (κ1) is 9.33. The van der Waals surface area contributed by atoms with Gasteiger partial charge in [-0.05, 0) is 25.7 Å². The van der Waals surface area contributed by atoms with Gasteiger partial charge in [-0.2, -0.15) is 0 Å². The lowest BCUT2D eigenvalue weighted by molar-refractivity contribution is 0.674. The van der Waals surface area contributed by atoms with E-state index in [-0.39, 0.29) is 0 Å². The maximum Gasteiger partial charge on any atom is 0.208 e. The Morgan fingerprint density at radius 1 is 1.33 bits per heavy atom. The van der Waals surface area contributed by atoms with Crippen molar-refractivity contribution in [3.8, 4) is 0 Å². The van der Waals surface area contributed by atoms with Gasteiger partial charge in [-0.3, -0.25) is 0 Å². The quantitative estimate of drug-likeness (QED) is 0.719. The standard InChI is InChI=1S/C11H15N3S/c1-8-3-2-6-14(7-8)11-13-12-10(15-11)9-4-5-9/h9H,1-7H2. The lowest BCUT2D eigenvalue weighted by atomic mass is 10.1. The molecule has 4 heteroatoms. The summed E-state index contributed by atoms with van der Waals surface area (Å²) in [7, 11) is 0. The number of rotatable bonds is 2. The third-order valence-corrected chi connectivity index (χ3v) is 4.15. The van der Waals surface area contributed by atoms with E-state index in [9.17, 15) is 0 Å². The van der Waals surface area contributed by atoms with E-state index in [0.29, 0.717) is 0 Å². The molecule has 0 N–H and O–H groups in total. The predicted octanol–water partition coefficient (Wildman–Crippen LogP) is 2.57. The molecule has 1 saturated carbocycles. The van der Waals surface area contributed by atoms with Crippen molar-refractivity contribution < 1.29 is 0 Å². The Hall–Kier alpha value is -0.900. The Bertz CT molecular complexity index is 381. The van der Waals surface area contributed by atoms with E-state index in [4.69, 9.17) is 0 Å². The average molecular weight is 221 g/mol. The highest BCUT2D eigenvalue weighted by atomic mass is 32.1. The van der Waals surface area contributed by atoms with Crippen LogP contribution in [0.4, 0.5) is 5.13 Å². The van der Waals surface area contributed by atoms with Gasteiger partial charge in [0.2, 0.25) is 5.13 Å². The zero-order valence-corrected chi connectivity index (χ0v) is 9.59. The molecule has 80 valence electrons. The van der Waals surface area contributed by atoms with Crippen LogP contribution in [0.5, 0.6) is 0 Å². The summed E-state index contributed by atoms with van der Waals surface area (Å²) in [5.41, 5.74) is 1.32. The number of anilines is 1. The van der Waals surface area contributed by atoms with Crippen molar-refractivity contribution in [2.24, 2.45) is 0 Å². The molecule has 2 heterocycles. The van der Waals surface area contributed by atoms with Crippen molar-refractivity contribution in [3.63, 3.8) is 0 Å². The van der Waals surface area contributed by atoms with Crippen LogP contribution in [0, 0.1) is 0 Å². The third kappa shape index (κ3) is 1.91. The van der Waals surface area contributed by atoms with Crippen LogP contribution in [0.2, 0.25) is 0 Å². The summed E-state index contributed by atoms with van der Waals surface area (Å²) in [6, 6.07) is 0. The summed E-state index contributed by atoms with van der Waals surface area (Å²) >= 11 is 1.77. The predicted molar refractivity (Wildman–Crippen MR) is 62.5 cm³/mol. The fourth-order valence-electron chi connectivity index (χ4n) is 1.96. The Balaban J connectivity index is 1.76. The van der Waals surface area contributed by atoms with Crippen LogP contribution in [-0.4, -0.2) is 23.3 Å². The van der Waals surface area contributed by atoms with Crippen LogP contribution in [0.3, 0.4) is 0 Å². The molecule has 0 amide bonds. The summed E-state index contributed by atoms with van der Waals surface area (Å²) < 4.78 is 0. The van der Waals surface area contributed by atoms with Crippen LogP contribution in [0.1, 0.15) is 36.6 Å². The minimum absolute atomic E-state index is 0.726. The van der Waals surface area contributed by atoms with Gasteiger partial charge in [0.15, 0.2) is 0 Å². The fourth-order valence-corrected chi connectivity index (χ4v) is 3.00. The van der Waals surface area contributed by atoms with Crippen molar-refractivity contribution in [1.82, 2.24) is 10.2 Å². The van der Waals surface area contributed by atoms with Crippen LogP contribution in [0.15, 0.2) is 12.2 Å². The Kier molecular flexibility index (Phi) is 2.24. The minimum Gasteiger partial charge on any atom is -0.343 e. The average Bonchev–Trinajstić information content (AvgIpc) is 2.97. The zero-order valence-electron chi connectivity index (χ0n) is 8.78. The molecule has 0 radical (unpaired) electrons. The molecule has 15 heavy (non-hydrogen) atoms. The fraction of sp³-hybridized carbons (Fsp3) is 0.636. The number of hydrogen-bond acceptors (Lipinski definition) is 4. The summed E-state index contributed by atoms with van der Waals surface area (Å²) in [5, 5.41) is 10.9. The Morgan fingerprint density at radius 2 is 2.20 bits per heavy atom. The number of aromatic nitrogens is 2. The van der Waals surface area contributed by atoms with Crippen molar-refractivity contribution in [2.75, 3.05) is 18.0 Å². The van der Waals surface area contributed by atoms with Crippen molar-refractivity contribution in [3.05, 3.63) is 17.2 Å². The highest BCUT2D eigenvalue weighted by Gasteiger charge is 2.28. The van der Waals surface area contributed by atoms with E-state index in [0.717, 1.165) is 24.1 Å². The maximum atomic E-state index is 4.29. The van der Waals surface area contributed by atoms with Gasteiger partial charge in [-0.1, -0.05) is 23.5 Å². The van der Waals surface area contributed by atoms with Gasteiger partial charge < -0.3 is 4.90 Å². The molecule has 3 nitrogen and oxygen atoms in total. The molecular weight excluding hydrogens is 206 g/mol. The van der Waals surface area contributed by atoms with Gasteiger partial charge in [0.25, 0.3) is 0 Å². The van der Waals surface area contributed by atoms with E-state index in [2.05, 4.69) is 21.7 Å². The lowest BCUT2D eigenvalue weighted by Gasteiger charge is -2.27. The van der Waals surface area contributed by atoms with Crippen molar-refractivity contribution >= 4 is 16.5 Å². The molecule has 0 atom stereocenters. The maximum absolute atomic E-state index is 4.29. The molecule has 0 aromatic carbocycles. The van der Waals surface area contributed by atoms with Gasteiger partial charge in [0.1, 0.15) is 5.01 Å². The largest absolute Gasteiger partial charge is 0.343 e. The first-order valence-corrected chi connectivity index (χ1v) is 6.39. The molecule has 2 aliphatic rings. The molecule has 0 spiro atoms. The summed E-state index contributed by atoms with van der Waals surface area (Å²) in [5.74, 6) is 0.726. The van der Waals surface area contributed by atoms with E-state index in [1.807, 2.05) is 0 Å². The van der Waals surface area contributed by atoms with Gasteiger partial charge in [-0.25, -0.2) is 0 Å². The summed E-state index contributed by atoms with van der Waals surface area (Å²) in [6.07, 6.45) is 4.99. The van der Waals surface area contributed by atoms with E-state index in [1.54, 1.807) is 11.3 Å². The van der Waals surface area contributed by atoms with Gasteiger partial charge in [-0.15, -0.1) is 10.2 Å². The van der Waals surface area contributed by atoms with Gasteiger partial charge in [0.05, 0.1) is 0 Å². The van der Waals surface area contributed by atoms with E-state index >= 15 is 0 Å². The van der Waals surface area contributed by atoms with Crippen LogP contribution < -0.4 is 4.90 Å². The minimum atomic E-state index is 0.726. The molecule has 1 aromatic rings. The molecule has 1 aliphatic carbocycles. The zero-order chi connectivity index (χ0) is 10.3. The first-order chi connectivity index (χ1) is 7.33.